The lowest BCUT2D eigenvalue weighted by molar-refractivity contribution is 0.0621. The number of rotatable bonds is 14. The van der Waals surface area contributed by atoms with Crippen molar-refractivity contribution in [2.75, 3.05) is 19.8 Å². The highest BCUT2D eigenvalue weighted by Crippen LogP contribution is 2.18. The Morgan fingerprint density at radius 3 is 2.11 bits per heavy atom. The van der Waals surface area contributed by atoms with Gasteiger partial charge in [0.2, 0.25) is 0 Å². The van der Waals surface area contributed by atoms with Crippen molar-refractivity contribution in [2.24, 2.45) is 5.92 Å². The Morgan fingerprint density at radius 2 is 1.44 bits per heavy atom. The molecule has 0 aromatic heterocycles. The summed E-state index contributed by atoms with van der Waals surface area (Å²) in [7, 11) is 0. The zero-order chi connectivity index (χ0) is 13.5. The summed E-state index contributed by atoms with van der Waals surface area (Å²) < 4.78 is 5.49. The van der Waals surface area contributed by atoms with Crippen molar-refractivity contribution in [2.45, 2.75) is 78.1 Å². The zero-order valence-corrected chi connectivity index (χ0v) is 12.6. The highest BCUT2D eigenvalue weighted by Gasteiger charge is 2.08. The van der Waals surface area contributed by atoms with Crippen molar-refractivity contribution in [3.8, 4) is 0 Å². The second kappa shape index (κ2) is 15.0. The van der Waals surface area contributed by atoms with Crippen LogP contribution in [-0.4, -0.2) is 24.9 Å². The number of aliphatic hydroxyl groups excluding tert-OH is 1. The molecule has 1 atom stereocenters. The van der Waals surface area contributed by atoms with Crippen molar-refractivity contribution in [3.63, 3.8) is 0 Å². The number of unbranched alkanes of at least 4 members (excludes halogenated alkanes) is 6. The van der Waals surface area contributed by atoms with E-state index in [4.69, 9.17) is 9.84 Å². The first-order chi connectivity index (χ1) is 8.85. The smallest absolute Gasteiger partial charge is 0.0697 e. The van der Waals surface area contributed by atoms with Gasteiger partial charge in [0.15, 0.2) is 0 Å². The fraction of sp³-hybridized carbons (Fsp3) is 1.00. The number of aliphatic hydroxyl groups is 1. The van der Waals surface area contributed by atoms with Crippen LogP contribution in [0.1, 0.15) is 78.1 Å². The Hall–Kier alpha value is -0.0800. The lowest BCUT2D eigenvalue weighted by Gasteiger charge is -2.16. The van der Waals surface area contributed by atoms with Crippen molar-refractivity contribution < 1.29 is 9.84 Å². The molecule has 1 unspecified atom stereocenters. The van der Waals surface area contributed by atoms with Crippen LogP contribution in [0.3, 0.4) is 0 Å². The van der Waals surface area contributed by atoms with Crippen molar-refractivity contribution >= 4 is 0 Å². The molecule has 0 saturated carbocycles. The van der Waals surface area contributed by atoms with Gasteiger partial charge < -0.3 is 9.84 Å². The molecule has 2 heteroatoms. The molecule has 0 aliphatic heterocycles. The van der Waals surface area contributed by atoms with E-state index < -0.39 is 0 Å². The number of hydrogen-bond acceptors (Lipinski definition) is 2. The van der Waals surface area contributed by atoms with Crippen molar-refractivity contribution in [3.05, 3.63) is 0 Å². The minimum atomic E-state index is 0.150. The largest absolute Gasteiger partial charge is 0.394 e. The molecule has 0 rings (SSSR count). The van der Waals surface area contributed by atoms with E-state index in [0.29, 0.717) is 12.5 Å². The lowest BCUT2D eigenvalue weighted by atomic mass is 9.96. The molecule has 0 amide bonds. The first kappa shape index (κ1) is 17.9. The third kappa shape index (κ3) is 12.4. The van der Waals surface area contributed by atoms with Gasteiger partial charge in [-0.25, -0.2) is 0 Å². The maximum atomic E-state index is 8.73. The van der Waals surface area contributed by atoms with Gasteiger partial charge in [-0.05, 0) is 18.8 Å². The van der Waals surface area contributed by atoms with Crippen LogP contribution in [0.5, 0.6) is 0 Å². The molecule has 0 bridgehead atoms. The molecule has 0 heterocycles. The summed E-state index contributed by atoms with van der Waals surface area (Å²) in [5.41, 5.74) is 0. The minimum Gasteiger partial charge on any atom is -0.394 e. The molecule has 110 valence electrons. The molecule has 2 nitrogen and oxygen atoms in total. The van der Waals surface area contributed by atoms with E-state index in [2.05, 4.69) is 13.8 Å². The fourth-order valence-corrected chi connectivity index (χ4v) is 2.33. The van der Waals surface area contributed by atoms with Crippen molar-refractivity contribution in [1.29, 1.82) is 0 Å². The fourth-order valence-electron chi connectivity index (χ4n) is 2.33. The van der Waals surface area contributed by atoms with Crippen LogP contribution >= 0.6 is 0 Å². The predicted octanol–water partition coefficient (Wildman–Crippen LogP) is 4.55. The maximum absolute atomic E-state index is 8.73. The Labute approximate surface area is 114 Å². The molecule has 18 heavy (non-hydrogen) atoms. The average molecular weight is 258 g/mol. The third-order valence-corrected chi connectivity index (χ3v) is 3.52. The summed E-state index contributed by atoms with van der Waals surface area (Å²) in [5.74, 6) is 0.711. The molecular weight excluding hydrogens is 224 g/mol. The molecular formula is C16H34O2. The minimum absolute atomic E-state index is 0.150. The Morgan fingerprint density at radius 1 is 0.833 bits per heavy atom. The predicted molar refractivity (Wildman–Crippen MR) is 78.9 cm³/mol. The standard InChI is InChI=1S/C16H34O2/c1-3-5-7-8-9-10-12-16(11-6-4-2)15-18-14-13-17/h16-17H,3-15H2,1-2H3. The normalized spacial score (nSPS) is 12.8. The van der Waals surface area contributed by atoms with Gasteiger partial charge in [-0.2, -0.15) is 0 Å². The highest BCUT2D eigenvalue weighted by molar-refractivity contribution is 4.59. The molecule has 0 aliphatic carbocycles. The van der Waals surface area contributed by atoms with E-state index in [1.807, 2.05) is 0 Å². The molecule has 1 N–H and O–H groups in total. The van der Waals surface area contributed by atoms with E-state index in [1.54, 1.807) is 0 Å². The van der Waals surface area contributed by atoms with Crippen LogP contribution in [-0.2, 0) is 4.74 Å². The second-order valence-electron chi connectivity index (χ2n) is 5.36. The van der Waals surface area contributed by atoms with E-state index in [-0.39, 0.29) is 6.61 Å². The molecule has 0 radical (unpaired) electrons. The first-order valence-electron chi connectivity index (χ1n) is 8.03. The van der Waals surface area contributed by atoms with Gasteiger partial charge in [-0.3, -0.25) is 0 Å². The van der Waals surface area contributed by atoms with E-state index >= 15 is 0 Å². The molecule has 0 saturated heterocycles. The van der Waals surface area contributed by atoms with Crippen LogP contribution in [0, 0.1) is 5.92 Å². The van der Waals surface area contributed by atoms with Crippen LogP contribution in [0.15, 0.2) is 0 Å². The Bertz CT molecular complexity index is 148. The Balaban J connectivity index is 3.51. The topological polar surface area (TPSA) is 29.5 Å². The average Bonchev–Trinajstić information content (AvgIpc) is 2.39. The summed E-state index contributed by atoms with van der Waals surface area (Å²) in [4.78, 5) is 0. The van der Waals surface area contributed by atoms with Gasteiger partial charge in [-0.1, -0.05) is 65.2 Å². The summed E-state index contributed by atoms with van der Waals surface area (Å²) in [6.07, 6.45) is 13.4. The third-order valence-electron chi connectivity index (χ3n) is 3.52. The van der Waals surface area contributed by atoms with E-state index in [0.717, 1.165) is 6.61 Å². The Kier molecular flexibility index (Phi) is 14.9. The number of ether oxygens (including phenoxy) is 1. The zero-order valence-electron chi connectivity index (χ0n) is 12.6. The van der Waals surface area contributed by atoms with Crippen LogP contribution in [0.25, 0.3) is 0 Å². The van der Waals surface area contributed by atoms with Crippen molar-refractivity contribution in [1.82, 2.24) is 0 Å². The highest BCUT2D eigenvalue weighted by atomic mass is 16.5. The van der Waals surface area contributed by atoms with Gasteiger partial charge >= 0.3 is 0 Å². The van der Waals surface area contributed by atoms with Crippen LogP contribution in [0.2, 0.25) is 0 Å². The monoisotopic (exact) mass is 258 g/mol. The SMILES string of the molecule is CCCCCCCCC(CCCC)COCCO. The van der Waals surface area contributed by atoms with Gasteiger partial charge in [0, 0.05) is 6.61 Å². The second-order valence-corrected chi connectivity index (χ2v) is 5.36. The molecule has 0 aliphatic rings. The summed E-state index contributed by atoms with van der Waals surface area (Å²) in [6, 6.07) is 0. The lowest BCUT2D eigenvalue weighted by Crippen LogP contribution is -2.12. The number of hydrogen-bond donors (Lipinski definition) is 1. The van der Waals surface area contributed by atoms with E-state index in [9.17, 15) is 0 Å². The summed E-state index contributed by atoms with van der Waals surface area (Å²) >= 11 is 0. The van der Waals surface area contributed by atoms with Gasteiger partial charge in [0.1, 0.15) is 0 Å². The van der Waals surface area contributed by atoms with Gasteiger partial charge in [0.25, 0.3) is 0 Å². The quantitative estimate of drug-likeness (QED) is 0.463. The van der Waals surface area contributed by atoms with Crippen LogP contribution in [0.4, 0.5) is 0 Å². The summed E-state index contributed by atoms with van der Waals surface area (Å²) in [6.45, 7) is 6.00. The van der Waals surface area contributed by atoms with E-state index in [1.165, 1.54) is 64.2 Å². The molecule has 0 aromatic carbocycles. The van der Waals surface area contributed by atoms with Gasteiger partial charge in [0.05, 0.1) is 13.2 Å². The van der Waals surface area contributed by atoms with Gasteiger partial charge in [-0.15, -0.1) is 0 Å². The molecule has 0 spiro atoms. The van der Waals surface area contributed by atoms with Crippen LogP contribution < -0.4 is 0 Å². The summed E-state index contributed by atoms with van der Waals surface area (Å²) in [5, 5.41) is 8.73. The first-order valence-corrected chi connectivity index (χ1v) is 8.03. The molecule has 0 fully saturated rings. The molecule has 0 aromatic rings. The maximum Gasteiger partial charge on any atom is 0.0697 e.